The molecule has 0 heterocycles. The summed E-state index contributed by atoms with van der Waals surface area (Å²) in [6.45, 7) is 5.43. The Bertz CT molecular complexity index is 314. The third-order valence-electron chi connectivity index (χ3n) is 1.49. The first-order chi connectivity index (χ1) is 6.24. The van der Waals surface area contributed by atoms with Crippen LogP contribution in [0, 0.1) is 0 Å². The van der Waals surface area contributed by atoms with Crippen molar-refractivity contribution in [2.45, 2.75) is 6.92 Å². The Kier molecular flexibility index (Phi) is 3.15. The molecule has 0 fully saturated rings. The molecule has 0 amide bonds. The zero-order chi connectivity index (χ0) is 9.68. The number of allylic oxidation sites excluding steroid dienone is 1. The summed E-state index contributed by atoms with van der Waals surface area (Å²) >= 11 is 0. The van der Waals surface area contributed by atoms with Crippen LogP contribution in [0.5, 0.6) is 0 Å². The van der Waals surface area contributed by atoms with Crippen LogP contribution in [-0.4, -0.2) is 0 Å². The Morgan fingerprint density at radius 1 is 1.38 bits per heavy atom. The summed E-state index contributed by atoms with van der Waals surface area (Å²) in [6, 6.07) is 9.67. The summed E-state index contributed by atoms with van der Waals surface area (Å²) in [7, 11) is 0. The Morgan fingerprint density at radius 2 is 2.00 bits per heavy atom. The van der Waals surface area contributed by atoms with E-state index in [2.05, 4.69) is 6.58 Å². The van der Waals surface area contributed by atoms with E-state index in [-0.39, 0.29) is 0 Å². The van der Waals surface area contributed by atoms with Crippen molar-refractivity contribution in [3.63, 3.8) is 0 Å². The van der Waals surface area contributed by atoms with E-state index >= 15 is 0 Å². The molecular formula is C11H13NO. The molecule has 2 heteroatoms. The molecule has 1 rings (SSSR count). The van der Waals surface area contributed by atoms with Crippen LogP contribution in [0.25, 0.3) is 5.76 Å². The van der Waals surface area contributed by atoms with Crippen molar-refractivity contribution in [1.82, 2.24) is 0 Å². The van der Waals surface area contributed by atoms with Gasteiger partial charge in [-0.2, -0.15) is 0 Å². The first-order valence-corrected chi connectivity index (χ1v) is 4.04. The number of rotatable bonds is 3. The third kappa shape index (κ3) is 2.67. The van der Waals surface area contributed by atoms with Crippen molar-refractivity contribution >= 4 is 5.76 Å². The van der Waals surface area contributed by atoms with Crippen molar-refractivity contribution in [2.24, 2.45) is 5.73 Å². The molecule has 1 aromatic rings. The van der Waals surface area contributed by atoms with Crippen molar-refractivity contribution in [3.8, 4) is 0 Å². The summed E-state index contributed by atoms with van der Waals surface area (Å²) in [5.41, 5.74) is 6.38. The average Bonchev–Trinajstić information content (AvgIpc) is 2.15. The van der Waals surface area contributed by atoms with E-state index in [0.717, 1.165) is 5.56 Å². The lowest BCUT2D eigenvalue weighted by atomic mass is 10.2. The minimum atomic E-state index is 0.626. The Morgan fingerprint density at radius 3 is 2.46 bits per heavy atom. The lowest BCUT2D eigenvalue weighted by molar-refractivity contribution is 0.386. The first-order valence-electron chi connectivity index (χ1n) is 4.04. The lowest BCUT2D eigenvalue weighted by Crippen LogP contribution is -1.93. The van der Waals surface area contributed by atoms with Crippen LogP contribution in [0.15, 0.2) is 48.9 Å². The number of nitrogens with two attached hydrogens (primary N) is 1. The maximum absolute atomic E-state index is 5.42. The van der Waals surface area contributed by atoms with Gasteiger partial charge >= 0.3 is 0 Å². The summed E-state index contributed by atoms with van der Waals surface area (Å²) in [4.78, 5) is 0. The number of hydrogen-bond donors (Lipinski definition) is 1. The van der Waals surface area contributed by atoms with Crippen molar-refractivity contribution in [3.05, 3.63) is 54.4 Å². The van der Waals surface area contributed by atoms with E-state index in [4.69, 9.17) is 10.5 Å². The van der Waals surface area contributed by atoms with Gasteiger partial charge in [0.1, 0.15) is 5.76 Å². The molecule has 13 heavy (non-hydrogen) atoms. The monoisotopic (exact) mass is 175 g/mol. The zero-order valence-corrected chi connectivity index (χ0v) is 7.66. The van der Waals surface area contributed by atoms with E-state index in [9.17, 15) is 0 Å². The SMILES string of the molecule is C=C(C)O/C(=C\N)c1ccccc1. The first kappa shape index (κ1) is 9.39. The van der Waals surface area contributed by atoms with Crippen molar-refractivity contribution in [1.29, 1.82) is 0 Å². The Balaban J connectivity index is 2.86. The van der Waals surface area contributed by atoms with Crippen LogP contribution >= 0.6 is 0 Å². The van der Waals surface area contributed by atoms with Crippen molar-refractivity contribution in [2.75, 3.05) is 0 Å². The smallest absolute Gasteiger partial charge is 0.149 e. The predicted octanol–water partition coefficient (Wildman–Crippen LogP) is 2.49. The molecule has 2 nitrogen and oxygen atoms in total. The summed E-state index contributed by atoms with van der Waals surface area (Å²) < 4.78 is 5.33. The van der Waals surface area contributed by atoms with Gasteiger partial charge in [0.15, 0.2) is 0 Å². The normalized spacial score (nSPS) is 11.0. The molecule has 0 saturated heterocycles. The van der Waals surface area contributed by atoms with E-state index in [1.807, 2.05) is 30.3 Å². The Labute approximate surface area is 78.3 Å². The van der Waals surface area contributed by atoms with Crippen LogP contribution in [0.1, 0.15) is 12.5 Å². The molecule has 1 aromatic carbocycles. The van der Waals surface area contributed by atoms with Gasteiger partial charge in [0, 0.05) is 11.8 Å². The molecule has 0 aliphatic carbocycles. The molecule has 0 aromatic heterocycles. The van der Waals surface area contributed by atoms with Crippen LogP contribution in [-0.2, 0) is 4.74 Å². The second-order valence-corrected chi connectivity index (χ2v) is 2.70. The van der Waals surface area contributed by atoms with Gasteiger partial charge in [-0.05, 0) is 6.92 Å². The predicted molar refractivity (Wildman–Crippen MR) is 54.5 cm³/mol. The van der Waals surface area contributed by atoms with Gasteiger partial charge in [0.05, 0.1) is 5.76 Å². The van der Waals surface area contributed by atoms with Crippen LogP contribution < -0.4 is 5.73 Å². The van der Waals surface area contributed by atoms with Gasteiger partial charge in [0.2, 0.25) is 0 Å². The highest BCUT2D eigenvalue weighted by molar-refractivity contribution is 5.59. The fourth-order valence-electron chi connectivity index (χ4n) is 0.979. The van der Waals surface area contributed by atoms with E-state index in [1.165, 1.54) is 6.20 Å². The fourth-order valence-corrected chi connectivity index (χ4v) is 0.979. The van der Waals surface area contributed by atoms with E-state index < -0.39 is 0 Å². The number of benzene rings is 1. The van der Waals surface area contributed by atoms with Gasteiger partial charge < -0.3 is 10.5 Å². The molecule has 0 spiro atoms. The number of ether oxygens (including phenoxy) is 1. The largest absolute Gasteiger partial charge is 0.461 e. The van der Waals surface area contributed by atoms with Gasteiger partial charge in [0.25, 0.3) is 0 Å². The van der Waals surface area contributed by atoms with Crippen LogP contribution in [0.4, 0.5) is 0 Å². The second kappa shape index (κ2) is 4.36. The maximum atomic E-state index is 5.42. The highest BCUT2D eigenvalue weighted by Gasteiger charge is 2.00. The molecular weight excluding hydrogens is 162 g/mol. The van der Waals surface area contributed by atoms with E-state index in [1.54, 1.807) is 6.92 Å². The molecule has 0 radical (unpaired) electrons. The van der Waals surface area contributed by atoms with E-state index in [0.29, 0.717) is 11.5 Å². The molecule has 0 aliphatic heterocycles. The highest BCUT2D eigenvalue weighted by Crippen LogP contribution is 2.16. The molecule has 68 valence electrons. The van der Waals surface area contributed by atoms with Gasteiger partial charge in [-0.15, -0.1) is 0 Å². The maximum Gasteiger partial charge on any atom is 0.149 e. The molecule has 0 aliphatic rings. The van der Waals surface area contributed by atoms with Gasteiger partial charge in [-0.1, -0.05) is 36.9 Å². The topological polar surface area (TPSA) is 35.2 Å². The van der Waals surface area contributed by atoms with Gasteiger partial charge in [-0.3, -0.25) is 0 Å². The summed E-state index contributed by atoms with van der Waals surface area (Å²) in [5, 5.41) is 0. The summed E-state index contributed by atoms with van der Waals surface area (Å²) in [5.74, 6) is 1.26. The fraction of sp³-hybridized carbons (Fsp3) is 0.0909. The molecule has 0 atom stereocenters. The molecule has 0 unspecified atom stereocenters. The average molecular weight is 175 g/mol. The molecule has 0 bridgehead atoms. The molecule has 2 N–H and O–H groups in total. The standard InChI is InChI=1S/C11H13NO/c1-9(2)13-11(8-12)10-6-4-3-5-7-10/h3-8H,1,12H2,2H3/b11-8-. The minimum Gasteiger partial charge on any atom is -0.461 e. The third-order valence-corrected chi connectivity index (χ3v) is 1.49. The molecule has 0 saturated carbocycles. The van der Waals surface area contributed by atoms with Crippen molar-refractivity contribution < 1.29 is 4.74 Å². The van der Waals surface area contributed by atoms with Crippen LogP contribution in [0.3, 0.4) is 0 Å². The summed E-state index contributed by atoms with van der Waals surface area (Å²) in [6.07, 6.45) is 1.43. The van der Waals surface area contributed by atoms with Crippen LogP contribution in [0.2, 0.25) is 0 Å². The quantitative estimate of drug-likeness (QED) is 0.716. The lowest BCUT2D eigenvalue weighted by Gasteiger charge is -2.08. The number of hydrogen-bond acceptors (Lipinski definition) is 2. The second-order valence-electron chi connectivity index (χ2n) is 2.70. The van der Waals surface area contributed by atoms with Gasteiger partial charge in [-0.25, -0.2) is 0 Å². The zero-order valence-electron chi connectivity index (χ0n) is 7.66. The minimum absolute atomic E-state index is 0.626. The highest BCUT2D eigenvalue weighted by atomic mass is 16.5. The Hall–Kier alpha value is -1.70.